The molecule has 1 aromatic carbocycles. The fourth-order valence-electron chi connectivity index (χ4n) is 2.62. The lowest BCUT2D eigenvalue weighted by Gasteiger charge is -2.17. The van der Waals surface area contributed by atoms with Gasteiger partial charge in [-0.2, -0.15) is 0 Å². The summed E-state index contributed by atoms with van der Waals surface area (Å²) in [7, 11) is 0. The minimum absolute atomic E-state index is 0.907. The molecular formula is C16H21N3S. The Balaban J connectivity index is 1.52. The molecule has 0 radical (unpaired) electrons. The molecule has 106 valence electrons. The van der Waals surface area contributed by atoms with E-state index in [9.17, 15) is 0 Å². The second-order valence-electron chi connectivity index (χ2n) is 5.33. The maximum absolute atomic E-state index is 4.27. The van der Waals surface area contributed by atoms with Gasteiger partial charge in [-0.05, 0) is 37.5 Å². The number of rotatable bonds is 5. The Labute approximate surface area is 124 Å². The fourth-order valence-corrected chi connectivity index (χ4v) is 3.36. The first-order chi connectivity index (χ1) is 9.83. The van der Waals surface area contributed by atoms with Crippen LogP contribution in [-0.4, -0.2) is 18.1 Å². The highest BCUT2D eigenvalue weighted by atomic mass is 32.1. The van der Waals surface area contributed by atoms with Gasteiger partial charge in [0.2, 0.25) is 0 Å². The monoisotopic (exact) mass is 287 g/mol. The molecule has 4 heteroatoms. The lowest BCUT2D eigenvalue weighted by Crippen LogP contribution is -2.17. The minimum Gasteiger partial charge on any atom is -0.372 e. The van der Waals surface area contributed by atoms with Crippen molar-refractivity contribution in [2.24, 2.45) is 0 Å². The highest BCUT2D eigenvalue weighted by Crippen LogP contribution is 2.20. The van der Waals surface area contributed by atoms with Crippen molar-refractivity contribution in [2.45, 2.75) is 32.9 Å². The van der Waals surface area contributed by atoms with Crippen molar-refractivity contribution in [3.8, 4) is 0 Å². The number of nitrogens with zero attached hydrogens (tertiary/aromatic N) is 2. The molecular weight excluding hydrogens is 266 g/mol. The Morgan fingerprint density at radius 1 is 1.15 bits per heavy atom. The van der Waals surface area contributed by atoms with E-state index in [0.717, 1.165) is 18.8 Å². The molecule has 20 heavy (non-hydrogen) atoms. The van der Waals surface area contributed by atoms with E-state index in [1.807, 2.05) is 5.51 Å². The van der Waals surface area contributed by atoms with Gasteiger partial charge in [-0.25, -0.2) is 4.98 Å². The lowest BCUT2D eigenvalue weighted by molar-refractivity contribution is 0.697. The molecule has 0 unspecified atom stereocenters. The smallest absolute Gasteiger partial charge is 0.0798 e. The Bertz CT molecular complexity index is 541. The second kappa shape index (κ2) is 6.37. The van der Waals surface area contributed by atoms with Crippen LogP contribution in [0.5, 0.6) is 0 Å². The zero-order valence-corrected chi connectivity index (χ0v) is 12.7. The molecule has 0 spiro atoms. The van der Waals surface area contributed by atoms with E-state index < -0.39 is 0 Å². The van der Waals surface area contributed by atoms with Crippen molar-refractivity contribution < 1.29 is 0 Å². The first-order valence-electron chi connectivity index (χ1n) is 7.26. The van der Waals surface area contributed by atoms with Crippen LogP contribution >= 0.6 is 11.3 Å². The number of nitrogens with one attached hydrogen (secondary N) is 1. The first-order valence-corrected chi connectivity index (χ1v) is 8.14. The number of aromatic nitrogens is 1. The Morgan fingerprint density at radius 2 is 1.90 bits per heavy atom. The summed E-state index contributed by atoms with van der Waals surface area (Å²) in [6.07, 6.45) is 2.66. The van der Waals surface area contributed by atoms with E-state index in [4.69, 9.17) is 0 Å². The van der Waals surface area contributed by atoms with E-state index in [-0.39, 0.29) is 0 Å². The van der Waals surface area contributed by atoms with Gasteiger partial charge in [-0.1, -0.05) is 12.1 Å². The molecule has 0 atom stereocenters. The van der Waals surface area contributed by atoms with Gasteiger partial charge in [-0.15, -0.1) is 11.3 Å². The van der Waals surface area contributed by atoms with Gasteiger partial charge in [0.25, 0.3) is 0 Å². The summed E-state index contributed by atoms with van der Waals surface area (Å²) in [5.74, 6) is 0. The second-order valence-corrected chi connectivity index (χ2v) is 6.26. The molecule has 1 saturated heterocycles. The molecule has 1 aliphatic heterocycles. The largest absolute Gasteiger partial charge is 0.372 e. The van der Waals surface area contributed by atoms with Crippen molar-refractivity contribution in [2.75, 3.05) is 18.0 Å². The molecule has 0 aliphatic carbocycles. The topological polar surface area (TPSA) is 28.2 Å². The Morgan fingerprint density at radius 3 is 2.55 bits per heavy atom. The third kappa shape index (κ3) is 3.19. The van der Waals surface area contributed by atoms with Crippen LogP contribution in [0.4, 0.5) is 5.69 Å². The maximum atomic E-state index is 4.27. The molecule has 3 nitrogen and oxygen atoms in total. The van der Waals surface area contributed by atoms with Gasteiger partial charge >= 0.3 is 0 Å². The summed E-state index contributed by atoms with van der Waals surface area (Å²) >= 11 is 1.72. The number of aryl methyl sites for hydroxylation is 1. The standard InChI is InChI=1S/C16H21N3S/c1-13-16(20-12-18-13)11-17-10-14-4-6-15(7-5-14)19-8-2-3-9-19/h4-7,12,17H,2-3,8-11H2,1H3. The zero-order valence-electron chi connectivity index (χ0n) is 11.9. The number of hydrogen-bond donors (Lipinski definition) is 1. The number of hydrogen-bond acceptors (Lipinski definition) is 4. The van der Waals surface area contributed by atoms with Crippen LogP contribution in [0.1, 0.15) is 29.0 Å². The van der Waals surface area contributed by atoms with Gasteiger partial charge < -0.3 is 10.2 Å². The minimum atomic E-state index is 0.907. The predicted molar refractivity (Wildman–Crippen MR) is 85.3 cm³/mol. The quantitative estimate of drug-likeness (QED) is 0.914. The average molecular weight is 287 g/mol. The van der Waals surface area contributed by atoms with Crippen LogP contribution in [0, 0.1) is 6.92 Å². The van der Waals surface area contributed by atoms with Crippen molar-refractivity contribution in [3.05, 3.63) is 45.9 Å². The van der Waals surface area contributed by atoms with E-state index in [0.29, 0.717) is 0 Å². The van der Waals surface area contributed by atoms with E-state index >= 15 is 0 Å². The zero-order chi connectivity index (χ0) is 13.8. The fraction of sp³-hybridized carbons (Fsp3) is 0.438. The first kappa shape index (κ1) is 13.6. The number of anilines is 1. The van der Waals surface area contributed by atoms with E-state index in [1.54, 1.807) is 11.3 Å². The SMILES string of the molecule is Cc1ncsc1CNCc1ccc(N2CCCC2)cc1. The number of thiazole rings is 1. The third-order valence-electron chi connectivity index (χ3n) is 3.87. The van der Waals surface area contributed by atoms with Gasteiger partial charge in [0.05, 0.1) is 11.2 Å². The highest BCUT2D eigenvalue weighted by molar-refractivity contribution is 7.09. The molecule has 1 N–H and O–H groups in total. The average Bonchev–Trinajstić information content (AvgIpc) is 3.12. The summed E-state index contributed by atoms with van der Waals surface area (Å²) in [5.41, 5.74) is 5.77. The van der Waals surface area contributed by atoms with Crippen LogP contribution < -0.4 is 10.2 Å². The summed E-state index contributed by atoms with van der Waals surface area (Å²) in [4.78, 5) is 8.07. The van der Waals surface area contributed by atoms with Crippen molar-refractivity contribution >= 4 is 17.0 Å². The summed E-state index contributed by atoms with van der Waals surface area (Å²) in [6.45, 7) is 6.31. The maximum Gasteiger partial charge on any atom is 0.0798 e. The molecule has 2 aromatic rings. The predicted octanol–water partition coefficient (Wildman–Crippen LogP) is 3.34. The van der Waals surface area contributed by atoms with Crippen molar-refractivity contribution in [3.63, 3.8) is 0 Å². The van der Waals surface area contributed by atoms with Crippen LogP contribution in [0.3, 0.4) is 0 Å². The molecule has 0 amide bonds. The normalized spacial score (nSPS) is 14.9. The molecule has 0 saturated carbocycles. The van der Waals surface area contributed by atoms with Gasteiger partial charge in [0.1, 0.15) is 0 Å². The number of benzene rings is 1. The van der Waals surface area contributed by atoms with Gasteiger partial charge in [-0.3, -0.25) is 0 Å². The molecule has 2 heterocycles. The van der Waals surface area contributed by atoms with E-state index in [2.05, 4.69) is 46.4 Å². The van der Waals surface area contributed by atoms with Crippen molar-refractivity contribution in [1.29, 1.82) is 0 Å². The summed E-state index contributed by atoms with van der Waals surface area (Å²) in [5, 5.41) is 3.49. The third-order valence-corrected chi connectivity index (χ3v) is 4.80. The van der Waals surface area contributed by atoms with Crippen LogP contribution in [0.2, 0.25) is 0 Å². The molecule has 3 rings (SSSR count). The van der Waals surface area contributed by atoms with Gasteiger partial charge in [0, 0.05) is 36.7 Å². The molecule has 0 bridgehead atoms. The summed E-state index contributed by atoms with van der Waals surface area (Å²) in [6, 6.07) is 8.97. The lowest BCUT2D eigenvalue weighted by atomic mass is 10.2. The molecule has 1 aliphatic rings. The Hall–Kier alpha value is -1.39. The van der Waals surface area contributed by atoms with Crippen molar-refractivity contribution in [1.82, 2.24) is 10.3 Å². The summed E-state index contributed by atoms with van der Waals surface area (Å²) < 4.78 is 0. The van der Waals surface area contributed by atoms with Crippen LogP contribution in [0.15, 0.2) is 29.8 Å². The molecule has 1 aromatic heterocycles. The Kier molecular flexibility index (Phi) is 4.33. The van der Waals surface area contributed by atoms with Gasteiger partial charge in [0.15, 0.2) is 0 Å². The van der Waals surface area contributed by atoms with E-state index in [1.165, 1.54) is 42.1 Å². The van der Waals surface area contributed by atoms with Crippen LogP contribution in [0.25, 0.3) is 0 Å². The van der Waals surface area contributed by atoms with Crippen LogP contribution in [-0.2, 0) is 13.1 Å². The molecule has 1 fully saturated rings. The highest BCUT2D eigenvalue weighted by Gasteiger charge is 2.11.